The lowest BCUT2D eigenvalue weighted by Crippen LogP contribution is -2.29. The van der Waals surface area contributed by atoms with Gasteiger partial charge in [0.15, 0.2) is 5.17 Å². The molecule has 1 aromatic carbocycles. The van der Waals surface area contributed by atoms with E-state index in [0.29, 0.717) is 23.3 Å². The third kappa shape index (κ3) is 4.98. The summed E-state index contributed by atoms with van der Waals surface area (Å²) in [5.41, 5.74) is 2.73. The van der Waals surface area contributed by atoms with Crippen LogP contribution in [0.15, 0.2) is 58.3 Å². The van der Waals surface area contributed by atoms with E-state index < -0.39 is 10.2 Å². The van der Waals surface area contributed by atoms with Gasteiger partial charge in [-0.2, -0.15) is 17.8 Å². The quantitative estimate of drug-likeness (QED) is 0.514. The molecule has 0 aliphatic carbocycles. The average Bonchev–Trinajstić information content (AvgIpc) is 3.17. The topological polar surface area (TPSA) is 78.2 Å². The van der Waals surface area contributed by atoms with Crippen LogP contribution in [-0.2, 0) is 10.2 Å². The highest BCUT2D eigenvalue weighted by atomic mass is 35.5. The minimum Gasteiger partial charge on any atom is -0.264 e. The van der Waals surface area contributed by atoms with Gasteiger partial charge in [0.25, 0.3) is 0 Å². The van der Waals surface area contributed by atoms with Gasteiger partial charge in [-0.1, -0.05) is 48.5 Å². The Bertz CT molecular complexity index is 1010. The van der Waals surface area contributed by atoms with Gasteiger partial charge in [0.05, 0.1) is 12.3 Å². The number of thioether (sulfide) groups is 1. The fourth-order valence-corrected chi connectivity index (χ4v) is 4.66. The molecule has 0 saturated carbocycles. The normalized spacial score (nSPS) is 17.7. The maximum Gasteiger partial charge on any atom is 0.324 e. The Kier molecular flexibility index (Phi) is 6.94. The molecule has 0 bridgehead atoms. The predicted octanol–water partition coefficient (Wildman–Crippen LogP) is 3.45. The summed E-state index contributed by atoms with van der Waals surface area (Å²) in [4.78, 5) is 4.22. The first-order valence-electron chi connectivity index (χ1n) is 8.97. The summed E-state index contributed by atoms with van der Waals surface area (Å²) in [6, 6.07) is 11.3. The monoisotopic (exact) mass is 451 g/mol. The van der Waals surface area contributed by atoms with Crippen LogP contribution < -0.4 is 0 Å². The van der Waals surface area contributed by atoms with Crippen molar-refractivity contribution in [1.82, 2.24) is 14.3 Å². The van der Waals surface area contributed by atoms with Gasteiger partial charge >= 0.3 is 10.2 Å². The van der Waals surface area contributed by atoms with Crippen LogP contribution in [0.5, 0.6) is 0 Å². The lowest BCUT2D eigenvalue weighted by Gasteiger charge is -2.18. The molecule has 2 heterocycles. The number of hydrazone groups is 1. The molecule has 10 heteroatoms. The lowest BCUT2D eigenvalue weighted by atomic mass is 9.92. The van der Waals surface area contributed by atoms with Crippen LogP contribution in [0, 0.1) is 0 Å². The standard InChI is InChI=1S/C19H22ClN5O2S2/c1-4-24(2)29(26,27)23-19(28-3)25-13-17(15-6-5-11-21-12-15)18(22-25)14-7-9-16(20)10-8-14/h5-12,17H,4,13H2,1-3H3/b23-19-. The van der Waals surface area contributed by atoms with Crippen LogP contribution >= 0.6 is 23.4 Å². The number of rotatable bonds is 5. The van der Waals surface area contributed by atoms with E-state index in [4.69, 9.17) is 16.7 Å². The molecule has 0 fully saturated rings. The summed E-state index contributed by atoms with van der Waals surface area (Å²) in [7, 11) is -2.27. The summed E-state index contributed by atoms with van der Waals surface area (Å²) < 4.78 is 30.1. The van der Waals surface area contributed by atoms with E-state index in [1.54, 1.807) is 30.6 Å². The number of halogens is 1. The largest absolute Gasteiger partial charge is 0.324 e. The molecule has 0 N–H and O–H groups in total. The van der Waals surface area contributed by atoms with E-state index in [2.05, 4.69) is 9.38 Å². The summed E-state index contributed by atoms with van der Waals surface area (Å²) in [5.74, 6) is -0.0752. The second-order valence-corrected chi connectivity index (χ2v) is 9.29. The van der Waals surface area contributed by atoms with Gasteiger partial charge in [0.1, 0.15) is 0 Å². The first-order chi connectivity index (χ1) is 13.9. The van der Waals surface area contributed by atoms with E-state index in [0.717, 1.165) is 16.8 Å². The molecular weight excluding hydrogens is 430 g/mol. The Morgan fingerprint density at radius 3 is 2.66 bits per heavy atom. The molecule has 1 atom stereocenters. The fourth-order valence-electron chi connectivity index (χ4n) is 2.87. The van der Waals surface area contributed by atoms with E-state index in [9.17, 15) is 8.42 Å². The number of nitrogens with zero attached hydrogens (tertiary/aromatic N) is 5. The summed E-state index contributed by atoms with van der Waals surface area (Å²) in [5, 5.41) is 7.34. The highest BCUT2D eigenvalue weighted by Crippen LogP contribution is 2.30. The minimum absolute atomic E-state index is 0.0752. The number of hydrogen-bond donors (Lipinski definition) is 0. The van der Waals surface area contributed by atoms with E-state index in [1.807, 2.05) is 36.4 Å². The van der Waals surface area contributed by atoms with Crippen LogP contribution in [-0.4, -0.2) is 60.0 Å². The maximum absolute atomic E-state index is 12.5. The second kappa shape index (κ2) is 9.25. The van der Waals surface area contributed by atoms with Crippen LogP contribution in [0.25, 0.3) is 0 Å². The van der Waals surface area contributed by atoms with Gasteiger partial charge in [-0.3, -0.25) is 4.98 Å². The molecule has 1 aliphatic heterocycles. The Morgan fingerprint density at radius 2 is 2.07 bits per heavy atom. The van der Waals surface area contributed by atoms with Crippen molar-refractivity contribution in [1.29, 1.82) is 0 Å². The lowest BCUT2D eigenvalue weighted by molar-refractivity contribution is 0.474. The molecule has 1 unspecified atom stereocenters. The summed E-state index contributed by atoms with van der Waals surface area (Å²) >= 11 is 7.28. The molecule has 1 aliphatic rings. The third-order valence-electron chi connectivity index (χ3n) is 4.58. The van der Waals surface area contributed by atoms with Gasteiger partial charge < -0.3 is 0 Å². The van der Waals surface area contributed by atoms with Gasteiger partial charge in [0, 0.05) is 36.9 Å². The van der Waals surface area contributed by atoms with Gasteiger partial charge in [-0.25, -0.2) is 5.01 Å². The highest BCUT2D eigenvalue weighted by molar-refractivity contribution is 8.13. The van der Waals surface area contributed by atoms with Crippen molar-refractivity contribution < 1.29 is 8.42 Å². The zero-order valence-corrected chi connectivity index (χ0v) is 18.7. The van der Waals surface area contributed by atoms with Crippen molar-refractivity contribution in [2.75, 3.05) is 26.4 Å². The van der Waals surface area contributed by atoms with Crippen molar-refractivity contribution in [2.45, 2.75) is 12.8 Å². The fraction of sp³-hybridized carbons (Fsp3) is 0.316. The summed E-state index contributed by atoms with van der Waals surface area (Å²) in [6.07, 6.45) is 5.31. The van der Waals surface area contributed by atoms with E-state index >= 15 is 0 Å². The van der Waals surface area contributed by atoms with Crippen molar-refractivity contribution >= 4 is 44.5 Å². The smallest absolute Gasteiger partial charge is 0.264 e. The van der Waals surface area contributed by atoms with Gasteiger partial charge in [-0.15, -0.1) is 4.40 Å². The summed E-state index contributed by atoms with van der Waals surface area (Å²) in [6.45, 7) is 2.57. The van der Waals surface area contributed by atoms with Gasteiger partial charge in [0.2, 0.25) is 0 Å². The maximum atomic E-state index is 12.5. The Labute approximate surface area is 180 Å². The molecule has 0 amide bonds. The zero-order chi connectivity index (χ0) is 21.0. The molecule has 1 aromatic heterocycles. The second-order valence-electron chi connectivity index (χ2n) is 6.38. The Hall–Kier alpha value is -1.94. The number of pyridine rings is 1. The highest BCUT2D eigenvalue weighted by Gasteiger charge is 2.32. The number of hydrogen-bond acceptors (Lipinski definition) is 5. The molecule has 29 heavy (non-hydrogen) atoms. The SMILES string of the molecule is CCN(C)S(=O)(=O)/N=C(\SC)N1CC(c2cccnc2)C(c2ccc(Cl)cc2)=N1. The van der Waals surface area contributed by atoms with Crippen LogP contribution in [0.4, 0.5) is 0 Å². The minimum atomic E-state index is -3.77. The molecule has 154 valence electrons. The van der Waals surface area contributed by atoms with Crippen LogP contribution in [0.3, 0.4) is 0 Å². The first kappa shape index (κ1) is 21.8. The van der Waals surface area contributed by atoms with Crippen molar-refractivity contribution in [2.24, 2.45) is 9.50 Å². The van der Waals surface area contributed by atoms with Crippen molar-refractivity contribution in [3.05, 3.63) is 64.9 Å². The van der Waals surface area contributed by atoms with Crippen molar-refractivity contribution in [3.8, 4) is 0 Å². The zero-order valence-electron chi connectivity index (χ0n) is 16.4. The molecule has 3 rings (SSSR count). The third-order valence-corrected chi connectivity index (χ3v) is 7.06. The molecule has 2 aromatic rings. The number of benzene rings is 1. The Balaban J connectivity index is 2.03. The first-order valence-corrected chi connectivity index (χ1v) is 12.0. The van der Waals surface area contributed by atoms with Gasteiger partial charge in [-0.05, 0) is 35.6 Å². The van der Waals surface area contributed by atoms with Crippen LogP contribution in [0.2, 0.25) is 5.02 Å². The van der Waals surface area contributed by atoms with Crippen LogP contribution in [0.1, 0.15) is 24.0 Å². The molecule has 0 radical (unpaired) electrons. The predicted molar refractivity (Wildman–Crippen MR) is 120 cm³/mol. The number of aromatic nitrogens is 1. The van der Waals surface area contributed by atoms with Crippen molar-refractivity contribution in [3.63, 3.8) is 0 Å². The molecule has 0 saturated heterocycles. The number of amidine groups is 1. The molecular formula is C19H22ClN5O2S2. The van der Waals surface area contributed by atoms with E-state index in [-0.39, 0.29) is 5.92 Å². The average molecular weight is 452 g/mol. The Morgan fingerprint density at radius 1 is 1.34 bits per heavy atom. The van der Waals surface area contributed by atoms with E-state index in [1.165, 1.54) is 23.1 Å². The molecule has 0 spiro atoms. The molecule has 7 nitrogen and oxygen atoms in total.